The minimum atomic E-state index is -0.399. The number of esters is 1. The molecular weight excluding hydrogens is 202 g/mol. The zero-order chi connectivity index (χ0) is 11.2. The first kappa shape index (κ1) is 10.4. The van der Waals surface area contributed by atoms with Gasteiger partial charge in [0.05, 0.1) is 0 Å². The van der Waals surface area contributed by atoms with Gasteiger partial charge in [0, 0.05) is 6.20 Å². The monoisotopic (exact) mass is 213 g/mol. The lowest BCUT2D eigenvalue weighted by molar-refractivity contribution is 0.0466. The van der Waals surface area contributed by atoms with Crippen LogP contribution in [0.4, 0.5) is 0 Å². The predicted molar refractivity (Wildman–Crippen MR) is 59.8 cm³/mol. The summed E-state index contributed by atoms with van der Waals surface area (Å²) in [5.41, 5.74) is 1.30. The molecule has 0 N–H and O–H groups in total. The fourth-order valence-corrected chi connectivity index (χ4v) is 1.28. The molecule has 0 radical (unpaired) electrons. The van der Waals surface area contributed by atoms with E-state index in [4.69, 9.17) is 4.74 Å². The molecule has 3 heteroatoms. The average Bonchev–Trinajstić information content (AvgIpc) is 2.38. The molecule has 1 aromatic carbocycles. The third kappa shape index (κ3) is 2.67. The van der Waals surface area contributed by atoms with E-state index in [1.165, 1.54) is 0 Å². The van der Waals surface area contributed by atoms with Gasteiger partial charge in [-0.15, -0.1) is 0 Å². The molecule has 0 spiro atoms. The van der Waals surface area contributed by atoms with Gasteiger partial charge >= 0.3 is 5.97 Å². The van der Waals surface area contributed by atoms with Crippen molar-refractivity contribution >= 4 is 5.97 Å². The number of pyridine rings is 1. The van der Waals surface area contributed by atoms with Crippen LogP contribution in [0.2, 0.25) is 0 Å². The summed E-state index contributed by atoms with van der Waals surface area (Å²) in [4.78, 5) is 15.4. The van der Waals surface area contributed by atoms with Gasteiger partial charge in [-0.2, -0.15) is 0 Å². The van der Waals surface area contributed by atoms with E-state index in [2.05, 4.69) is 4.98 Å². The summed E-state index contributed by atoms with van der Waals surface area (Å²) < 4.78 is 5.11. The molecule has 0 saturated heterocycles. The molecule has 2 rings (SSSR count). The molecule has 0 bridgehead atoms. The Balaban J connectivity index is 1.95. The highest BCUT2D eigenvalue weighted by Gasteiger charge is 2.07. The van der Waals surface area contributed by atoms with Gasteiger partial charge in [0.25, 0.3) is 0 Å². The van der Waals surface area contributed by atoms with Crippen molar-refractivity contribution in [3.8, 4) is 0 Å². The fourth-order valence-electron chi connectivity index (χ4n) is 1.28. The first-order valence-corrected chi connectivity index (χ1v) is 4.98. The van der Waals surface area contributed by atoms with Crippen molar-refractivity contribution in [2.45, 2.75) is 6.61 Å². The molecule has 0 atom stereocenters. The van der Waals surface area contributed by atoms with E-state index in [1.807, 2.05) is 30.3 Å². The molecule has 0 aliphatic heterocycles. The summed E-state index contributed by atoms with van der Waals surface area (Å²) >= 11 is 0. The van der Waals surface area contributed by atoms with Crippen molar-refractivity contribution in [3.63, 3.8) is 0 Å². The molecule has 0 unspecified atom stereocenters. The van der Waals surface area contributed by atoms with Crippen LogP contribution < -0.4 is 0 Å². The number of hydrogen-bond acceptors (Lipinski definition) is 3. The van der Waals surface area contributed by atoms with Crippen molar-refractivity contribution in [2.75, 3.05) is 0 Å². The highest BCUT2D eigenvalue weighted by molar-refractivity contribution is 5.87. The smallest absolute Gasteiger partial charge is 0.357 e. The van der Waals surface area contributed by atoms with Crippen molar-refractivity contribution in [1.29, 1.82) is 0 Å². The van der Waals surface area contributed by atoms with Gasteiger partial charge in [-0.25, -0.2) is 9.78 Å². The van der Waals surface area contributed by atoms with Crippen LogP contribution in [-0.4, -0.2) is 11.0 Å². The molecule has 1 heterocycles. The second kappa shape index (κ2) is 5.07. The number of carbonyl (C=O) groups excluding carboxylic acids is 1. The van der Waals surface area contributed by atoms with Crippen molar-refractivity contribution < 1.29 is 9.53 Å². The second-order valence-electron chi connectivity index (χ2n) is 3.28. The number of benzene rings is 1. The number of nitrogens with zero attached hydrogens (tertiary/aromatic N) is 1. The number of hydrogen-bond donors (Lipinski definition) is 0. The van der Waals surface area contributed by atoms with Crippen LogP contribution in [0.1, 0.15) is 16.1 Å². The quantitative estimate of drug-likeness (QED) is 0.735. The maximum Gasteiger partial charge on any atom is 0.357 e. The Hall–Kier alpha value is -2.16. The summed E-state index contributed by atoms with van der Waals surface area (Å²) in [5.74, 6) is -0.399. The van der Waals surface area contributed by atoms with E-state index in [-0.39, 0.29) is 6.61 Å². The average molecular weight is 213 g/mol. The van der Waals surface area contributed by atoms with Crippen molar-refractivity contribution in [3.05, 3.63) is 66.0 Å². The number of carbonyl (C=O) groups is 1. The molecule has 0 amide bonds. The van der Waals surface area contributed by atoms with E-state index >= 15 is 0 Å². The zero-order valence-corrected chi connectivity index (χ0v) is 8.67. The highest BCUT2D eigenvalue weighted by Crippen LogP contribution is 2.03. The lowest BCUT2D eigenvalue weighted by Gasteiger charge is -2.03. The maximum atomic E-state index is 11.5. The maximum absolute atomic E-state index is 11.5. The first-order valence-electron chi connectivity index (χ1n) is 4.98. The van der Waals surface area contributed by atoms with Gasteiger partial charge < -0.3 is 4.74 Å². The molecule has 0 aliphatic rings. The summed E-state index contributed by atoms with van der Waals surface area (Å²) in [6.07, 6.45) is 1.57. The molecule has 1 aromatic heterocycles. The standard InChI is InChI=1S/C13H11NO2/c15-13(12-8-4-5-9-14-12)16-10-11-6-2-1-3-7-11/h1-9H,10H2. The lowest BCUT2D eigenvalue weighted by Crippen LogP contribution is -2.06. The summed E-state index contributed by atoms with van der Waals surface area (Å²) in [5, 5.41) is 0. The van der Waals surface area contributed by atoms with Gasteiger partial charge in [-0.3, -0.25) is 0 Å². The third-order valence-electron chi connectivity index (χ3n) is 2.09. The molecule has 0 aliphatic carbocycles. The Morgan fingerprint density at radius 1 is 1.06 bits per heavy atom. The molecule has 16 heavy (non-hydrogen) atoms. The largest absolute Gasteiger partial charge is 0.456 e. The van der Waals surface area contributed by atoms with Crippen molar-refractivity contribution in [2.24, 2.45) is 0 Å². The molecule has 0 fully saturated rings. The topological polar surface area (TPSA) is 39.2 Å². The number of aromatic nitrogens is 1. The third-order valence-corrected chi connectivity index (χ3v) is 2.09. The SMILES string of the molecule is O=C(OCc1ccccc1)c1ccccn1. The minimum Gasteiger partial charge on any atom is -0.456 e. The molecule has 80 valence electrons. The van der Waals surface area contributed by atoms with Gasteiger partial charge in [0.1, 0.15) is 12.3 Å². The van der Waals surface area contributed by atoms with Crippen LogP contribution in [-0.2, 0) is 11.3 Å². The Morgan fingerprint density at radius 2 is 1.81 bits per heavy atom. The molecule has 0 saturated carbocycles. The minimum absolute atomic E-state index is 0.274. The Bertz CT molecular complexity index is 454. The predicted octanol–water partition coefficient (Wildman–Crippen LogP) is 2.44. The summed E-state index contributed by atoms with van der Waals surface area (Å²) in [6.45, 7) is 0.274. The van der Waals surface area contributed by atoms with Crippen LogP contribution in [0.25, 0.3) is 0 Å². The summed E-state index contributed by atoms with van der Waals surface area (Å²) in [7, 11) is 0. The van der Waals surface area contributed by atoms with Crippen molar-refractivity contribution in [1.82, 2.24) is 4.98 Å². The van der Waals surface area contributed by atoms with Crippen LogP contribution in [0.3, 0.4) is 0 Å². The van der Waals surface area contributed by atoms with E-state index in [0.717, 1.165) is 5.56 Å². The van der Waals surface area contributed by atoms with Gasteiger partial charge in [0.2, 0.25) is 0 Å². The van der Waals surface area contributed by atoms with Crippen LogP contribution in [0, 0.1) is 0 Å². The second-order valence-corrected chi connectivity index (χ2v) is 3.28. The normalized spacial score (nSPS) is 9.75. The Kier molecular flexibility index (Phi) is 3.28. The van der Waals surface area contributed by atoms with Gasteiger partial charge in [-0.05, 0) is 17.7 Å². The van der Waals surface area contributed by atoms with E-state index in [0.29, 0.717) is 5.69 Å². The molecular formula is C13H11NO2. The molecule has 2 aromatic rings. The van der Waals surface area contributed by atoms with Gasteiger partial charge in [-0.1, -0.05) is 36.4 Å². The Morgan fingerprint density at radius 3 is 2.50 bits per heavy atom. The van der Waals surface area contributed by atoms with Gasteiger partial charge in [0.15, 0.2) is 0 Å². The van der Waals surface area contributed by atoms with E-state index in [9.17, 15) is 4.79 Å². The Labute approximate surface area is 93.7 Å². The number of rotatable bonds is 3. The van der Waals surface area contributed by atoms with E-state index < -0.39 is 5.97 Å². The van der Waals surface area contributed by atoms with Crippen LogP contribution in [0.15, 0.2) is 54.7 Å². The lowest BCUT2D eigenvalue weighted by atomic mass is 10.2. The molecule has 3 nitrogen and oxygen atoms in total. The first-order chi connectivity index (χ1) is 7.86. The van der Waals surface area contributed by atoms with Crippen LogP contribution in [0.5, 0.6) is 0 Å². The number of ether oxygens (including phenoxy) is 1. The highest BCUT2D eigenvalue weighted by atomic mass is 16.5. The fraction of sp³-hybridized carbons (Fsp3) is 0.0769. The van der Waals surface area contributed by atoms with Crippen LogP contribution >= 0.6 is 0 Å². The van der Waals surface area contributed by atoms with E-state index in [1.54, 1.807) is 24.4 Å². The summed E-state index contributed by atoms with van der Waals surface area (Å²) in [6, 6.07) is 14.7. The zero-order valence-electron chi connectivity index (χ0n) is 8.67.